The molecule has 0 amide bonds. The van der Waals surface area contributed by atoms with Gasteiger partial charge in [0.25, 0.3) is 0 Å². The number of nitrogens with one attached hydrogen (secondary N) is 2. The first-order chi connectivity index (χ1) is 8.95. The number of ether oxygens (including phenoxy) is 1. The molecule has 0 spiro atoms. The second-order valence-electron chi connectivity index (χ2n) is 5.31. The Morgan fingerprint density at radius 3 is 2.67 bits per heavy atom. The molecule has 18 heavy (non-hydrogen) atoms. The number of hydrogen-bond donors (Lipinski definition) is 2. The molecule has 2 saturated heterocycles. The molecular weight excluding hydrogens is 226 g/mol. The lowest BCUT2D eigenvalue weighted by molar-refractivity contribution is 0.0202. The fourth-order valence-corrected chi connectivity index (χ4v) is 3.27. The van der Waals surface area contributed by atoms with E-state index < -0.39 is 0 Å². The van der Waals surface area contributed by atoms with Gasteiger partial charge in [-0.25, -0.2) is 0 Å². The van der Waals surface area contributed by atoms with Crippen molar-refractivity contribution in [1.29, 1.82) is 0 Å². The minimum Gasteiger partial charge on any atom is -0.381 e. The Morgan fingerprint density at radius 1 is 1.22 bits per heavy atom. The third-order valence-electron chi connectivity index (χ3n) is 4.20. The average molecular weight is 249 g/mol. The van der Waals surface area contributed by atoms with Gasteiger partial charge < -0.3 is 15.0 Å². The van der Waals surface area contributed by atoms with E-state index in [1.54, 1.807) is 0 Å². The Bertz CT molecular complexity index is 322. The van der Waals surface area contributed by atoms with Crippen molar-refractivity contribution in [1.82, 2.24) is 15.2 Å². The molecule has 3 heterocycles. The molecule has 2 aliphatic heterocycles. The maximum absolute atomic E-state index is 5.51. The predicted molar refractivity (Wildman–Crippen MR) is 71.5 cm³/mol. The molecule has 100 valence electrons. The van der Waals surface area contributed by atoms with Gasteiger partial charge >= 0.3 is 0 Å². The van der Waals surface area contributed by atoms with Crippen LogP contribution in [-0.4, -0.2) is 49.3 Å². The first-order valence-electron chi connectivity index (χ1n) is 7.11. The minimum absolute atomic E-state index is 0.547. The fourth-order valence-electron chi connectivity index (χ4n) is 3.27. The van der Waals surface area contributed by atoms with Gasteiger partial charge in [-0.15, -0.1) is 0 Å². The van der Waals surface area contributed by atoms with Gasteiger partial charge in [0.1, 0.15) is 0 Å². The van der Waals surface area contributed by atoms with E-state index in [0.29, 0.717) is 6.04 Å². The van der Waals surface area contributed by atoms with Crippen LogP contribution in [-0.2, 0) is 4.74 Å². The van der Waals surface area contributed by atoms with Crippen LogP contribution in [0.4, 0.5) is 0 Å². The largest absolute Gasteiger partial charge is 0.381 e. The van der Waals surface area contributed by atoms with E-state index >= 15 is 0 Å². The molecule has 0 aliphatic carbocycles. The van der Waals surface area contributed by atoms with Crippen molar-refractivity contribution in [3.63, 3.8) is 0 Å². The standard InChI is InChI=1S/C14H23N3O/c1-2-13(16-5-1)14(12-3-10-18-11-4-12)17-8-6-15-7-9-17/h1-2,5,12,14-16H,3-4,6-11H2/t14-/m1/s1. The third kappa shape index (κ3) is 2.60. The molecule has 4 heteroatoms. The Morgan fingerprint density at radius 2 is 2.00 bits per heavy atom. The molecule has 2 aliphatic rings. The zero-order chi connectivity index (χ0) is 12.2. The van der Waals surface area contributed by atoms with Crippen LogP contribution < -0.4 is 5.32 Å². The van der Waals surface area contributed by atoms with Crippen molar-refractivity contribution < 1.29 is 4.74 Å². The quantitative estimate of drug-likeness (QED) is 0.850. The number of nitrogens with zero attached hydrogens (tertiary/aromatic N) is 1. The van der Waals surface area contributed by atoms with E-state index in [-0.39, 0.29) is 0 Å². The average Bonchev–Trinajstić information content (AvgIpc) is 2.95. The highest BCUT2D eigenvalue weighted by molar-refractivity contribution is 5.11. The fraction of sp³-hybridized carbons (Fsp3) is 0.714. The monoisotopic (exact) mass is 249 g/mol. The van der Waals surface area contributed by atoms with Crippen LogP contribution in [0.1, 0.15) is 24.6 Å². The summed E-state index contributed by atoms with van der Waals surface area (Å²) in [5, 5.41) is 3.44. The molecule has 4 nitrogen and oxygen atoms in total. The first-order valence-corrected chi connectivity index (χ1v) is 7.11. The molecule has 1 atom stereocenters. The Labute approximate surface area is 109 Å². The van der Waals surface area contributed by atoms with Crippen LogP contribution >= 0.6 is 0 Å². The highest BCUT2D eigenvalue weighted by atomic mass is 16.5. The Hall–Kier alpha value is -0.840. The van der Waals surface area contributed by atoms with Crippen LogP contribution in [0.3, 0.4) is 0 Å². The maximum Gasteiger partial charge on any atom is 0.0529 e. The van der Waals surface area contributed by atoms with Crippen molar-refractivity contribution in [2.75, 3.05) is 39.4 Å². The number of H-pyrrole nitrogens is 1. The second kappa shape index (κ2) is 5.87. The molecule has 0 radical (unpaired) electrons. The van der Waals surface area contributed by atoms with Gasteiger partial charge in [-0.2, -0.15) is 0 Å². The van der Waals surface area contributed by atoms with Gasteiger partial charge in [-0.1, -0.05) is 0 Å². The molecule has 0 bridgehead atoms. The van der Waals surface area contributed by atoms with Gasteiger partial charge in [0, 0.05) is 51.3 Å². The van der Waals surface area contributed by atoms with Crippen LogP contribution in [0, 0.1) is 5.92 Å². The summed E-state index contributed by atoms with van der Waals surface area (Å²) in [7, 11) is 0. The molecular formula is C14H23N3O. The zero-order valence-corrected chi connectivity index (χ0v) is 10.9. The minimum atomic E-state index is 0.547. The molecule has 2 fully saturated rings. The molecule has 0 unspecified atom stereocenters. The van der Waals surface area contributed by atoms with E-state index in [1.165, 1.54) is 18.5 Å². The van der Waals surface area contributed by atoms with E-state index in [4.69, 9.17) is 4.74 Å². The topological polar surface area (TPSA) is 40.3 Å². The van der Waals surface area contributed by atoms with E-state index in [2.05, 4.69) is 27.3 Å². The summed E-state index contributed by atoms with van der Waals surface area (Å²) in [6.45, 7) is 6.38. The SMILES string of the molecule is c1c[nH]c([C@@H](C2CCOCC2)N2CCNCC2)c1. The Kier molecular flexibility index (Phi) is 3.98. The second-order valence-corrected chi connectivity index (χ2v) is 5.31. The van der Waals surface area contributed by atoms with Crippen molar-refractivity contribution in [3.8, 4) is 0 Å². The van der Waals surface area contributed by atoms with Gasteiger partial charge in [0.15, 0.2) is 0 Å². The summed E-state index contributed by atoms with van der Waals surface area (Å²) in [5.74, 6) is 0.732. The normalized spacial score (nSPS) is 25.1. The summed E-state index contributed by atoms with van der Waals surface area (Å²) < 4.78 is 5.51. The van der Waals surface area contributed by atoms with Crippen molar-refractivity contribution in [2.45, 2.75) is 18.9 Å². The van der Waals surface area contributed by atoms with Gasteiger partial charge in [0.05, 0.1) is 6.04 Å². The lowest BCUT2D eigenvalue weighted by Crippen LogP contribution is -2.47. The molecule has 0 saturated carbocycles. The predicted octanol–water partition coefficient (Wildman–Crippen LogP) is 1.39. The summed E-state index contributed by atoms with van der Waals surface area (Å²) in [6, 6.07) is 4.90. The summed E-state index contributed by atoms with van der Waals surface area (Å²) in [6.07, 6.45) is 4.42. The smallest absolute Gasteiger partial charge is 0.0529 e. The summed E-state index contributed by atoms with van der Waals surface area (Å²) in [4.78, 5) is 6.07. The van der Waals surface area contributed by atoms with Gasteiger partial charge in [0.2, 0.25) is 0 Å². The molecule has 1 aromatic rings. The summed E-state index contributed by atoms with van der Waals surface area (Å²) >= 11 is 0. The van der Waals surface area contributed by atoms with Crippen LogP contribution in [0.5, 0.6) is 0 Å². The van der Waals surface area contributed by atoms with Crippen LogP contribution in [0.25, 0.3) is 0 Å². The number of rotatable bonds is 3. The lowest BCUT2D eigenvalue weighted by atomic mass is 9.88. The highest BCUT2D eigenvalue weighted by Crippen LogP contribution is 2.34. The molecule has 3 rings (SSSR count). The van der Waals surface area contributed by atoms with Crippen molar-refractivity contribution in [3.05, 3.63) is 24.0 Å². The van der Waals surface area contributed by atoms with Crippen LogP contribution in [0.15, 0.2) is 18.3 Å². The van der Waals surface area contributed by atoms with Crippen LogP contribution in [0.2, 0.25) is 0 Å². The zero-order valence-electron chi connectivity index (χ0n) is 10.9. The number of hydrogen-bond acceptors (Lipinski definition) is 3. The van der Waals surface area contributed by atoms with E-state index in [1.807, 2.05) is 6.20 Å². The number of piperazine rings is 1. The number of aromatic amines is 1. The molecule has 2 N–H and O–H groups in total. The summed E-state index contributed by atoms with van der Waals surface area (Å²) in [5.41, 5.74) is 1.38. The highest BCUT2D eigenvalue weighted by Gasteiger charge is 2.31. The van der Waals surface area contributed by atoms with Crippen molar-refractivity contribution in [2.24, 2.45) is 5.92 Å². The van der Waals surface area contributed by atoms with Crippen molar-refractivity contribution >= 4 is 0 Å². The van der Waals surface area contributed by atoms with E-state index in [9.17, 15) is 0 Å². The van der Waals surface area contributed by atoms with Gasteiger partial charge in [-0.05, 0) is 30.9 Å². The Balaban J connectivity index is 1.78. The molecule has 1 aromatic heterocycles. The van der Waals surface area contributed by atoms with Gasteiger partial charge in [-0.3, -0.25) is 4.90 Å². The third-order valence-corrected chi connectivity index (χ3v) is 4.20. The molecule has 0 aromatic carbocycles. The first kappa shape index (κ1) is 12.2. The number of aromatic nitrogens is 1. The van der Waals surface area contributed by atoms with E-state index in [0.717, 1.165) is 45.3 Å². The lowest BCUT2D eigenvalue weighted by Gasteiger charge is -2.40. The maximum atomic E-state index is 5.51.